The van der Waals surface area contributed by atoms with E-state index in [1.165, 1.54) is 41.0 Å². The lowest BCUT2D eigenvalue weighted by Gasteiger charge is -2.19. The molecule has 1 aromatic carbocycles. The minimum Gasteiger partial charge on any atom is -0.457 e. The molecule has 0 spiro atoms. The summed E-state index contributed by atoms with van der Waals surface area (Å²) in [6.07, 6.45) is 4.19. The molecule has 0 aliphatic carbocycles. The van der Waals surface area contributed by atoms with Gasteiger partial charge in [-0.2, -0.15) is 15.1 Å². The van der Waals surface area contributed by atoms with E-state index in [1.54, 1.807) is 12.1 Å². The molecule has 31 heavy (non-hydrogen) atoms. The minimum atomic E-state index is -0.540. The van der Waals surface area contributed by atoms with Crippen LogP contribution in [-0.2, 0) is 4.79 Å². The monoisotopic (exact) mass is 457 g/mol. The van der Waals surface area contributed by atoms with E-state index in [0.29, 0.717) is 22.3 Å². The molecule has 2 aliphatic heterocycles. The Morgan fingerprint density at radius 3 is 2.87 bits per heavy atom. The molecule has 0 fully saturated rings. The van der Waals surface area contributed by atoms with Crippen molar-refractivity contribution >= 4 is 57.1 Å². The SMILES string of the molecule is CCCCC1=NN2C(=N)C(=Cc3ccc(-c4ccc([N+](=O)[O-])cc4Cl)o3)C(=O)N=C2S1. The predicted molar refractivity (Wildman–Crippen MR) is 120 cm³/mol. The Bertz CT molecular complexity index is 1200. The van der Waals surface area contributed by atoms with Gasteiger partial charge in [-0.15, -0.1) is 0 Å². The number of amidine groups is 2. The molecule has 3 heterocycles. The van der Waals surface area contributed by atoms with E-state index in [-0.39, 0.29) is 22.1 Å². The maximum Gasteiger partial charge on any atom is 0.283 e. The smallest absolute Gasteiger partial charge is 0.283 e. The molecule has 0 atom stereocenters. The van der Waals surface area contributed by atoms with E-state index in [0.717, 1.165) is 24.3 Å². The van der Waals surface area contributed by atoms with Crippen molar-refractivity contribution in [2.75, 3.05) is 0 Å². The van der Waals surface area contributed by atoms with Gasteiger partial charge in [0.2, 0.25) is 5.17 Å². The van der Waals surface area contributed by atoms with E-state index in [2.05, 4.69) is 17.0 Å². The summed E-state index contributed by atoms with van der Waals surface area (Å²) in [6.45, 7) is 2.08. The maximum atomic E-state index is 12.5. The zero-order chi connectivity index (χ0) is 22.1. The second kappa shape index (κ2) is 8.48. The number of fused-ring (bicyclic) bond motifs is 1. The summed E-state index contributed by atoms with van der Waals surface area (Å²) in [5.74, 6) is 0.0860. The number of benzene rings is 1. The van der Waals surface area contributed by atoms with Crippen LogP contribution in [0.25, 0.3) is 17.4 Å². The first kappa shape index (κ1) is 21.0. The Kier molecular flexibility index (Phi) is 5.75. The molecule has 0 radical (unpaired) electrons. The van der Waals surface area contributed by atoms with Crippen LogP contribution >= 0.6 is 23.4 Å². The number of rotatable bonds is 6. The number of nitro benzene ring substituents is 1. The van der Waals surface area contributed by atoms with E-state index < -0.39 is 10.8 Å². The van der Waals surface area contributed by atoms with Crippen LogP contribution in [0, 0.1) is 15.5 Å². The molecule has 0 bridgehead atoms. The Morgan fingerprint density at radius 2 is 2.16 bits per heavy atom. The highest BCUT2D eigenvalue weighted by molar-refractivity contribution is 8.26. The summed E-state index contributed by atoms with van der Waals surface area (Å²) in [5.41, 5.74) is 0.406. The number of unbranched alkanes of at least 4 members (excludes halogenated alkanes) is 1. The molecule has 0 saturated heterocycles. The van der Waals surface area contributed by atoms with Gasteiger partial charge in [0.25, 0.3) is 11.6 Å². The third kappa shape index (κ3) is 4.17. The molecule has 11 heteroatoms. The molecule has 9 nitrogen and oxygen atoms in total. The molecular weight excluding hydrogens is 442 g/mol. The van der Waals surface area contributed by atoms with Crippen molar-refractivity contribution < 1.29 is 14.1 Å². The van der Waals surface area contributed by atoms with Crippen LogP contribution in [0.15, 0.2) is 50.4 Å². The number of thioether (sulfide) groups is 1. The Morgan fingerprint density at radius 1 is 1.35 bits per heavy atom. The van der Waals surface area contributed by atoms with Crippen LogP contribution in [0.3, 0.4) is 0 Å². The molecule has 1 amide bonds. The van der Waals surface area contributed by atoms with Gasteiger partial charge in [-0.25, -0.2) is 0 Å². The third-order valence-electron chi connectivity index (χ3n) is 4.58. The van der Waals surface area contributed by atoms with Crippen LogP contribution in [0.5, 0.6) is 0 Å². The number of nitro groups is 1. The fourth-order valence-electron chi connectivity index (χ4n) is 3.00. The van der Waals surface area contributed by atoms with Crippen LogP contribution in [0.4, 0.5) is 5.69 Å². The average molecular weight is 458 g/mol. The number of nitrogens with one attached hydrogen (secondary N) is 1. The van der Waals surface area contributed by atoms with Gasteiger partial charge in [0.1, 0.15) is 16.6 Å². The zero-order valence-electron chi connectivity index (χ0n) is 16.3. The van der Waals surface area contributed by atoms with Crippen molar-refractivity contribution in [3.63, 3.8) is 0 Å². The van der Waals surface area contributed by atoms with Crippen molar-refractivity contribution in [2.45, 2.75) is 26.2 Å². The summed E-state index contributed by atoms with van der Waals surface area (Å²) in [7, 11) is 0. The number of hydrogen-bond acceptors (Lipinski definition) is 7. The topological polar surface area (TPSA) is 125 Å². The second-order valence-electron chi connectivity index (χ2n) is 6.74. The van der Waals surface area contributed by atoms with Crippen LogP contribution < -0.4 is 0 Å². The Labute approximate surface area is 186 Å². The van der Waals surface area contributed by atoms with Crippen molar-refractivity contribution in [1.29, 1.82) is 5.41 Å². The summed E-state index contributed by atoms with van der Waals surface area (Å²) in [5, 5.41) is 26.4. The maximum absolute atomic E-state index is 12.5. The standard InChI is InChI=1S/C20H16ClN5O4S/c1-2-3-4-17-24-25-18(22)14(19(27)23-20(25)31-17)10-12-6-8-16(30-12)13-7-5-11(26(28)29)9-15(13)21/h5-10,22H,2-4H2,1H3. The van der Waals surface area contributed by atoms with Gasteiger partial charge in [0.15, 0.2) is 5.84 Å². The Hall–Kier alpha value is -3.24. The molecule has 1 aromatic heterocycles. The van der Waals surface area contributed by atoms with Crippen molar-refractivity contribution in [2.24, 2.45) is 10.1 Å². The zero-order valence-corrected chi connectivity index (χ0v) is 17.9. The number of carbonyl (C=O) groups excluding carboxylic acids is 1. The van der Waals surface area contributed by atoms with Gasteiger partial charge >= 0.3 is 0 Å². The van der Waals surface area contributed by atoms with E-state index >= 15 is 0 Å². The first-order chi connectivity index (χ1) is 14.9. The van der Waals surface area contributed by atoms with Crippen molar-refractivity contribution in [3.05, 3.63) is 56.8 Å². The number of furan rings is 1. The number of amides is 1. The highest BCUT2D eigenvalue weighted by Gasteiger charge is 2.35. The highest BCUT2D eigenvalue weighted by Crippen LogP contribution is 2.34. The van der Waals surface area contributed by atoms with E-state index in [9.17, 15) is 14.9 Å². The summed E-state index contributed by atoms with van der Waals surface area (Å²) < 4.78 is 5.75. The highest BCUT2D eigenvalue weighted by atomic mass is 35.5. The van der Waals surface area contributed by atoms with Crippen LogP contribution in [0.1, 0.15) is 31.9 Å². The molecule has 158 valence electrons. The number of hydrazone groups is 1. The van der Waals surface area contributed by atoms with Gasteiger partial charge < -0.3 is 4.42 Å². The summed E-state index contributed by atoms with van der Waals surface area (Å²) >= 11 is 7.46. The normalized spacial score (nSPS) is 17.1. The number of non-ortho nitro benzene ring substituents is 1. The predicted octanol–water partition coefficient (Wildman–Crippen LogP) is 5.32. The lowest BCUT2D eigenvalue weighted by atomic mass is 10.1. The number of halogens is 1. The molecule has 4 rings (SSSR count). The number of nitrogens with zero attached hydrogens (tertiary/aromatic N) is 4. The van der Waals surface area contributed by atoms with E-state index in [1.807, 2.05) is 0 Å². The second-order valence-corrected chi connectivity index (χ2v) is 8.19. The van der Waals surface area contributed by atoms with Gasteiger partial charge in [-0.05, 0) is 48.9 Å². The first-order valence-corrected chi connectivity index (χ1v) is 10.6. The summed E-state index contributed by atoms with van der Waals surface area (Å²) in [6, 6.07) is 7.33. The molecule has 0 saturated carbocycles. The fraction of sp³-hybridized carbons (Fsp3) is 0.200. The summed E-state index contributed by atoms with van der Waals surface area (Å²) in [4.78, 5) is 26.9. The third-order valence-corrected chi connectivity index (χ3v) is 5.86. The fourth-order valence-corrected chi connectivity index (χ4v) is 4.19. The Balaban J connectivity index is 1.60. The lowest BCUT2D eigenvalue weighted by molar-refractivity contribution is -0.384. The van der Waals surface area contributed by atoms with Crippen LogP contribution in [-0.4, -0.2) is 31.9 Å². The number of aliphatic imine (C=N–C) groups is 1. The van der Waals surface area contributed by atoms with Crippen molar-refractivity contribution in [3.8, 4) is 11.3 Å². The number of carbonyl (C=O) groups is 1. The largest absolute Gasteiger partial charge is 0.457 e. The van der Waals surface area contributed by atoms with Gasteiger partial charge in [-0.1, -0.05) is 24.9 Å². The quantitative estimate of drug-likeness (QED) is 0.355. The van der Waals surface area contributed by atoms with Crippen LogP contribution in [0.2, 0.25) is 5.02 Å². The molecule has 2 aromatic rings. The molecule has 0 unspecified atom stereocenters. The molecule has 1 N–H and O–H groups in total. The average Bonchev–Trinajstić information content (AvgIpc) is 3.36. The van der Waals surface area contributed by atoms with E-state index in [4.69, 9.17) is 21.4 Å². The molecular formula is C20H16ClN5O4S. The lowest BCUT2D eigenvalue weighted by Crippen LogP contribution is -2.35. The minimum absolute atomic E-state index is 0.0561. The molecule has 2 aliphatic rings. The van der Waals surface area contributed by atoms with Gasteiger partial charge in [0, 0.05) is 17.7 Å². The van der Waals surface area contributed by atoms with Gasteiger partial charge in [-0.3, -0.25) is 20.3 Å². The van der Waals surface area contributed by atoms with Gasteiger partial charge in [0.05, 0.1) is 15.5 Å². The number of hydrogen-bond donors (Lipinski definition) is 1. The first-order valence-electron chi connectivity index (χ1n) is 9.40. The van der Waals surface area contributed by atoms with Crippen molar-refractivity contribution in [1.82, 2.24) is 5.01 Å².